The highest BCUT2D eigenvalue weighted by Crippen LogP contribution is 2.15. The molecule has 0 aliphatic carbocycles. The first-order valence-electron chi connectivity index (χ1n) is 5.55. The lowest BCUT2D eigenvalue weighted by Crippen LogP contribution is -2.23. The average molecular weight is 225 g/mol. The molecule has 0 aromatic carbocycles. The molecular weight excluding hydrogens is 206 g/mol. The van der Waals surface area contributed by atoms with E-state index in [2.05, 4.69) is 34.7 Å². The topological polar surface area (TPSA) is 28.2 Å². The Bertz CT molecular complexity index is 303. The zero-order valence-electron chi connectivity index (χ0n) is 9.49. The van der Waals surface area contributed by atoms with Crippen molar-refractivity contribution in [1.29, 1.82) is 0 Å². The highest BCUT2D eigenvalue weighted by molar-refractivity contribution is 7.09. The first-order valence-corrected chi connectivity index (χ1v) is 6.43. The fraction of sp³-hybridized carbons (Fsp3) is 0.727. The molecule has 0 amide bonds. The highest BCUT2D eigenvalue weighted by Gasteiger charge is 2.15. The largest absolute Gasteiger partial charge is 0.314 e. The monoisotopic (exact) mass is 225 g/mol. The van der Waals surface area contributed by atoms with Crippen molar-refractivity contribution in [3.63, 3.8) is 0 Å². The zero-order valence-corrected chi connectivity index (χ0v) is 10.3. The van der Waals surface area contributed by atoms with Crippen LogP contribution < -0.4 is 5.32 Å². The Labute approximate surface area is 95.5 Å². The van der Waals surface area contributed by atoms with Crippen molar-refractivity contribution in [3.05, 3.63) is 16.1 Å². The molecule has 4 heteroatoms. The molecule has 15 heavy (non-hydrogen) atoms. The van der Waals surface area contributed by atoms with Gasteiger partial charge in [0, 0.05) is 24.4 Å². The van der Waals surface area contributed by atoms with Gasteiger partial charge in [-0.1, -0.05) is 0 Å². The van der Waals surface area contributed by atoms with Gasteiger partial charge < -0.3 is 10.2 Å². The van der Waals surface area contributed by atoms with Gasteiger partial charge in [-0.15, -0.1) is 11.3 Å². The molecular formula is C11H19N3S. The first kappa shape index (κ1) is 11.0. The summed E-state index contributed by atoms with van der Waals surface area (Å²) < 4.78 is 0. The fourth-order valence-corrected chi connectivity index (χ4v) is 2.89. The molecule has 1 saturated heterocycles. The predicted molar refractivity (Wildman–Crippen MR) is 64.2 cm³/mol. The number of aromatic nitrogens is 1. The Kier molecular flexibility index (Phi) is 3.72. The summed E-state index contributed by atoms with van der Waals surface area (Å²) in [6, 6.07) is 0.666. The second-order valence-electron chi connectivity index (χ2n) is 4.47. The molecule has 1 aromatic rings. The maximum absolute atomic E-state index is 4.65. The number of hydrogen-bond donors (Lipinski definition) is 1. The van der Waals surface area contributed by atoms with Crippen LogP contribution >= 0.6 is 11.3 Å². The van der Waals surface area contributed by atoms with Crippen molar-refractivity contribution < 1.29 is 0 Å². The van der Waals surface area contributed by atoms with Gasteiger partial charge in [0.2, 0.25) is 0 Å². The molecule has 2 heterocycles. The third-order valence-corrected chi connectivity index (χ3v) is 3.55. The van der Waals surface area contributed by atoms with Gasteiger partial charge in [0.1, 0.15) is 5.01 Å². The van der Waals surface area contributed by atoms with Crippen molar-refractivity contribution >= 4 is 11.3 Å². The van der Waals surface area contributed by atoms with E-state index in [9.17, 15) is 0 Å². The van der Waals surface area contributed by atoms with Crippen LogP contribution in [-0.4, -0.2) is 36.6 Å². The van der Waals surface area contributed by atoms with Crippen molar-refractivity contribution in [2.75, 3.05) is 20.6 Å². The lowest BCUT2D eigenvalue weighted by Gasteiger charge is -2.07. The van der Waals surface area contributed by atoms with E-state index in [1.54, 1.807) is 11.3 Å². The van der Waals surface area contributed by atoms with Gasteiger partial charge in [-0.25, -0.2) is 4.98 Å². The van der Waals surface area contributed by atoms with Crippen LogP contribution in [0.15, 0.2) is 5.38 Å². The molecule has 84 valence electrons. The third-order valence-electron chi connectivity index (χ3n) is 2.67. The number of rotatable bonds is 4. The fourth-order valence-electron chi connectivity index (χ4n) is 1.97. The molecule has 1 N–H and O–H groups in total. The van der Waals surface area contributed by atoms with Crippen molar-refractivity contribution in [3.8, 4) is 0 Å². The van der Waals surface area contributed by atoms with E-state index in [4.69, 9.17) is 0 Å². The molecule has 0 bridgehead atoms. The van der Waals surface area contributed by atoms with Crippen LogP contribution in [-0.2, 0) is 13.0 Å². The molecule has 1 aliphatic rings. The Balaban J connectivity index is 1.88. The SMILES string of the molecule is CN(C)Cc1nc(CC2CCCN2)cs1. The molecule has 1 aliphatic heterocycles. The second kappa shape index (κ2) is 5.05. The maximum Gasteiger partial charge on any atom is 0.107 e. The van der Waals surface area contributed by atoms with Crippen LogP contribution in [0.3, 0.4) is 0 Å². The van der Waals surface area contributed by atoms with Gasteiger partial charge in [-0.05, 0) is 33.5 Å². The lowest BCUT2D eigenvalue weighted by atomic mass is 10.1. The summed E-state index contributed by atoms with van der Waals surface area (Å²) in [4.78, 5) is 6.81. The summed E-state index contributed by atoms with van der Waals surface area (Å²) >= 11 is 1.78. The summed E-state index contributed by atoms with van der Waals surface area (Å²) in [6.45, 7) is 2.14. The number of nitrogens with zero attached hydrogens (tertiary/aromatic N) is 2. The summed E-state index contributed by atoms with van der Waals surface area (Å²) in [7, 11) is 4.17. The number of hydrogen-bond acceptors (Lipinski definition) is 4. The molecule has 0 saturated carbocycles. The third kappa shape index (κ3) is 3.26. The van der Waals surface area contributed by atoms with Crippen LogP contribution in [0, 0.1) is 0 Å². The van der Waals surface area contributed by atoms with Gasteiger partial charge in [0.05, 0.1) is 5.69 Å². The van der Waals surface area contributed by atoms with E-state index in [-0.39, 0.29) is 0 Å². The minimum absolute atomic E-state index is 0.666. The Morgan fingerprint density at radius 3 is 3.13 bits per heavy atom. The normalized spacial score (nSPS) is 21.4. The van der Waals surface area contributed by atoms with Gasteiger partial charge in [-0.2, -0.15) is 0 Å². The van der Waals surface area contributed by atoms with Crippen molar-refractivity contribution in [2.24, 2.45) is 0 Å². The number of thiazole rings is 1. The van der Waals surface area contributed by atoms with Crippen LogP contribution in [0.5, 0.6) is 0 Å². The molecule has 3 nitrogen and oxygen atoms in total. The van der Waals surface area contributed by atoms with E-state index in [0.717, 1.165) is 13.0 Å². The molecule has 1 aromatic heterocycles. The quantitative estimate of drug-likeness (QED) is 0.841. The molecule has 0 spiro atoms. The standard InChI is InChI=1S/C11H19N3S/c1-14(2)7-11-13-10(8-15-11)6-9-4-3-5-12-9/h8-9,12H,3-7H2,1-2H3. The van der Waals surface area contributed by atoms with Crippen LogP contribution in [0.4, 0.5) is 0 Å². The Morgan fingerprint density at radius 2 is 2.47 bits per heavy atom. The van der Waals surface area contributed by atoms with Crippen LogP contribution in [0.25, 0.3) is 0 Å². The van der Waals surface area contributed by atoms with E-state index in [1.165, 1.54) is 30.1 Å². The molecule has 0 radical (unpaired) electrons. The van der Waals surface area contributed by atoms with Gasteiger partial charge in [0.25, 0.3) is 0 Å². The lowest BCUT2D eigenvalue weighted by molar-refractivity contribution is 0.401. The first-order chi connectivity index (χ1) is 7.24. The smallest absolute Gasteiger partial charge is 0.107 e. The number of nitrogens with one attached hydrogen (secondary N) is 1. The van der Waals surface area contributed by atoms with E-state index < -0.39 is 0 Å². The van der Waals surface area contributed by atoms with Crippen LogP contribution in [0.2, 0.25) is 0 Å². The van der Waals surface area contributed by atoms with Gasteiger partial charge in [0.15, 0.2) is 0 Å². The van der Waals surface area contributed by atoms with E-state index in [1.807, 2.05) is 0 Å². The highest BCUT2D eigenvalue weighted by atomic mass is 32.1. The Morgan fingerprint density at radius 1 is 1.60 bits per heavy atom. The summed E-state index contributed by atoms with van der Waals surface area (Å²) in [5.74, 6) is 0. The van der Waals surface area contributed by atoms with Crippen molar-refractivity contribution in [1.82, 2.24) is 15.2 Å². The minimum atomic E-state index is 0.666. The van der Waals surface area contributed by atoms with Crippen LogP contribution in [0.1, 0.15) is 23.5 Å². The Hall–Kier alpha value is -0.450. The van der Waals surface area contributed by atoms with Gasteiger partial charge in [-0.3, -0.25) is 0 Å². The second-order valence-corrected chi connectivity index (χ2v) is 5.41. The average Bonchev–Trinajstić information content (AvgIpc) is 2.77. The zero-order chi connectivity index (χ0) is 10.7. The van der Waals surface area contributed by atoms with E-state index >= 15 is 0 Å². The minimum Gasteiger partial charge on any atom is -0.314 e. The molecule has 1 fully saturated rings. The predicted octanol–water partition coefficient (Wildman–Crippen LogP) is 1.50. The summed E-state index contributed by atoms with van der Waals surface area (Å²) in [6.07, 6.45) is 3.73. The molecule has 1 atom stereocenters. The summed E-state index contributed by atoms with van der Waals surface area (Å²) in [5, 5.41) is 6.95. The van der Waals surface area contributed by atoms with Crippen molar-refractivity contribution in [2.45, 2.75) is 31.8 Å². The summed E-state index contributed by atoms with van der Waals surface area (Å²) in [5.41, 5.74) is 1.26. The molecule has 2 rings (SSSR count). The maximum atomic E-state index is 4.65. The van der Waals surface area contributed by atoms with E-state index in [0.29, 0.717) is 6.04 Å². The molecule has 1 unspecified atom stereocenters. The van der Waals surface area contributed by atoms with Gasteiger partial charge >= 0.3 is 0 Å².